The minimum atomic E-state index is -0.484. The average Bonchev–Trinajstić information content (AvgIpc) is 3.77. The van der Waals surface area contributed by atoms with Crippen LogP contribution in [0.4, 0.5) is 15.8 Å². The molecule has 0 spiro atoms. The van der Waals surface area contributed by atoms with Gasteiger partial charge in [-0.1, -0.05) is 47.7 Å². The minimum absolute atomic E-state index is 0.00123. The first-order valence-electron chi connectivity index (χ1n) is 14.9. The summed E-state index contributed by atoms with van der Waals surface area (Å²) in [6.07, 6.45) is 0.740. The summed E-state index contributed by atoms with van der Waals surface area (Å²) < 4.78 is 19.8. The average molecular weight is 642 g/mol. The summed E-state index contributed by atoms with van der Waals surface area (Å²) in [6.45, 7) is 1.72. The number of thioether (sulfide) groups is 1. The fraction of sp³-hybridized carbons (Fsp3) is 0.294. The van der Waals surface area contributed by atoms with Crippen LogP contribution in [0.15, 0.2) is 82.6 Å². The van der Waals surface area contributed by atoms with Crippen molar-refractivity contribution in [2.45, 2.75) is 29.5 Å². The Morgan fingerprint density at radius 1 is 0.978 bits per heavy atom. The molecule has 2 aliphatic heterocycles. The molecule has 6 unspecified atom stereocenters. The second kappa shape index (κ2) is 10.7. The van der Waals surface area contributed by atoms with E-state index >= 15 is 0 Å². The number of ether oxygens (including phenoxy) is 1. The van der Waals surface area contributed by atoms with E-state index in [4.69, 9.17) is 4.74 Å². The summed E-state index contributed by atoms with van der Waals surface area (Å²) in [5.41, 5.74) is 2.90. The Labute approximate surface area is 266 Å². The molecule has 7 atom stereocenters. The van der Waals surface area contributed by atoms with E-state index in [2.05, 4.69) is 10.3 Å². The second-order valence-corrected chi connectivity index (χ2v) is 14.3. The number of nitrogens with zero attached hydrogens (tertiary/aromatic N) is 1. The summed E-state index contributed by atoms with van der Waals surface area (Å²) in [5, 5.41) is 3.70. The monoisotopic (exact) mass is 641 g/mol. The number of amides is 3. The lowest BCUT2D eigenvalue weighted by Gasteiger charge is -2.43. The smallest absolute Gasteiger partial charge is 0.305 e. The van der Waals surface area contributed by atoms with E-state index in [1.807, 2.05) is 55.5 Å². The third-order valence-corrected chi connectivity index (χ3v) is 12.4. The summed E-state index contributed by atoms with van der Waals surface area (Å²) in [4.78, 5) is 58.3. The molecule has 3 heterocycles. The van der Waals surface area contributed by atoms with Crippen LogP contribution in [-0.2, 0) is 14.4 Å². The largest absolute Gasteiger partial charge is 0.483 e. The zero-order valence-corrected chi connectivity index (χ0v) is 25.7. The van der Waals surface area contributed by atoms with Gasteiger partial charge in [-0.3, -0.25) is 24.1 Å². The van der Waals surface area contributed by atoms with Gasteiger partial charge in [-0.15, -0.1) is 11.8 Å². The predicted molar refractivity (Wildman–Crippen MR) is 169 cm³/mol. The number of aromatic amines is 1. The van der Waals surface area contributed by atoms with E-state index in [9.17, 15) is 23.6 Å². The first-order valence-corrected chi connectivity index (χ1v) is 16.6. The molecule has 2 aliphatic carbocycles. The highest BCUT2D eigenvalue weighted by Gasteiger charge is 2.69. The first kappa shape index (κ1) is 28.3. The van der Waals surface area contributed by atoms with E-state index in [0.29, 0.717) is 11.4 Å². The number of H-pyrrole nitrogens is 1. The quantitative estimate of drug-likeness (QED) is 0.266. The van der Waals surface area contributed by atoms with Gasteiger partial charge in [0.1, 0.15) is 11.6 Å². The van der Waals surface area contributed by atoms with Crippen molar-refractivity contribution in [2.24, 2.45) is 29.6 Å². The van der Waals surface area contributed by atoms with E-state index in [1.165, 1.54) is 40.5 Å². The zero-order valence-electron chi connectivity index (χ0n) is 24.1. The molecule has 2 bridgehead atoms. The van der Waals surface area contributed by atoms with Crippen LogP contribution in [-0.4, -0.2) is 34.6 Å². The van der Waals surface area contributed by atoms with Gasteiger partial charge in [-0.05, 0) is 73.1 Å². The molecule has 45 heavy (non-hydrogen) atoms. The number of thiazole rings is 1. The molecular weight excluding hydrogens is 614 g/mol. The normalized spacial score (nSPS) is 27.7. The van der Waals surface area contributed by atoms with Gasteiger partial charge in [-0.25, -0.2) is 4.39 Å². The van der Waals surface area contributed by atoms with E-state index in [1.54, 1.807) is 11.8 Å². The molecule has 8 rings (SSSR count). The fourth-order valence-corrected chi connectivity index (χ4v) is 11.0. The molecule has 2 saturated carbocycles. The van der Waals surface area contributed by atoms with Crippen LogP contribution >= 0.6 is 23.1 Å². The van der Waals surface area contributed by atoms with Gasteiger partial charge in [0.25, 0.3) is 5.91 Å². The molecule has 1 aromatic heterocycles. The van der Waals surface area contributed by atoms with Crippen molar-refractivity contribution in [2.75, 3.05) is 16.8 Å². The van der Waals surface area contributed by atoms with Crippen molar-refractivity contribution >= 4 is 52.2 Å². The van der Waals surface area contributed by atoms with E-state index < -0.39 is 17.7 Å². The third-order valence-electron chi connectivity index (χ3n) is 9.84. The summed E-state index contributed by atoms with van der Waals surface area (Å²) >= 11 is 2.77. The van der Waals surface area contributed by atoms with Crippen LogP contribution < -0.4 is 19.8 Å². The van der Waals surface area contributed by atoms with Crippen LogP contribution in [0.1, 0.15) is 28.3 Å². The number of carbonyl (C=O) groups is 3. The van der Waals surface area contributed by atoms with E-state index in [-0.39, 0.29) is 58.1 Å². The van der Waals surface area contributed by atoms with Gasteiger partial charge in [0, 0.05) is 27.3 Å². The molecule has 0 radical (unpaired) electrons. The van der Waals surface area contributed by atoms with Crippen LogP contribution in [0.3, 0.4) is 0 Å². The number of aromatic nitrogens is 1. The molecular formula is C34H28FN3O5S2. The van der Waals surface area contributed by atoms with Crippen molar-refractivity contribution < 1.29 is 23.5 Å². The molecule has 4 aliphatic rings. The van der Waals surface area contributed by atoms with Crippen LogP contribution in [0.25, 0.3) is 0 Å². The van der Waals surface area contributed by atoms with E-state index in [0.717, 1.165) is 33.1 Å². The maximum Gasteiger partial charge on any atom is 0.305 e. The summed E-state index contributed by atoms with van der Waals surface area (Å²) in [5.74, 6) is -2.02. The van der Waals surface area contributed by atoms with Crippen molar-refractivity contribution in [3.05, 3.63) is 104 Å². The Kier molecular flexibility index (Phi) is 6.72. The number of nitrogens with one attached hydrogen (secondary N) is 2. The minimum Gasteiger partial charge on any atom is -0.483 e. The number of hydrogen-bond donors (Lipinski definition) is 2. The predicted octanol–water partition coefficient (Wildman–Crippen LogP) is 5.58. The first-order chi connectivity index (χ1) is 21.8. The van der Waals surface area contributed by atoms with Gasteiger partial charge < -0.3 is 15.0 Å². The van der Waals surface area contributed by atoms with Gasteiger partial charge in [0.05, 0.1) is 22.5 Å². The molecule has 3 fully saturated rings. The third kappa shape index (κ3) is 4.46. The number of fused-ring (bicyclic) bond motifs is 9. The number of hydrogen-bond acceptors (Lipinski definition) is 7. The lowest BCUT2D eigenvalue weighted by atomic mass is 9.68. The zero-order chi connectivity index (χ0) is 31.0. The fourth-order valence-electron chi connectivity index (χ4n) is 8.12. The standard InChI is InChI=1S/C34H28FN3O5S2/c1-16-6-2-4-8-22(16)36-24(39)15-43-23-9-5-3-7-19(23)25-26-20-14-21(29(26)44-31-30(25)45-34(42)37-31)28-27(20)32(40)38(33(28)41)18-12-10-17(35)11-13-18/h2-13,20-21,25-29H,14-15H2,1H3,(H,36,39)(H,37,42)/t20?,21?,25-,26?,27?,28?,29?/m1/s1. The number of rotatable bonds is 6. The van der Waals surface area contributed by atoms with Gasteiger partial charge in [0.2, 0.25) is 11.8 Å². The number of benzene rings is 3. The topological polar surface area (TPSA) is 109 Å². The van der Waals surface area contributed by atoms with Crippen LogP contribution in [0.5, 0.6) is 5.75 Å². The molecule has 4 aromatic rings. The molecule has 3 amide bonds. The molecule has 228 valence electrons. The van der Waals surface area contributed by atoms with Gasteiger partial charge in [-0.2, -0.15) is 0 Å². The molecule has 11 heteroatoms. The van der Waals surface area contributed by atoms with Crippen molar-refractivity contribution in [3.63, 3.8) is 0 Å². The number of para-hydroxylation sites is 2. The number of aryl methyl sites for hydroxylation is 1. The maximum absolute atomic E-state index is 13.9. The lowest BCUT2D eigenvalue weighted by molar-refractivity contribution is -0.123. The molecule has 2 N–H and O–H groups in total. The number of anilines is 2. The number of imide groups is 1. The lowest BCUT2D eigenvalue weighted by Crippen LogP contribution is -2.42. The number of carbonyl (C=O) groups excluding carboxylic acids is 3. The van der Waals surface area contributed by atoms with Gasteiger partial charge >= 0.3 is 4.87 Å². The summed E-state index contributed by atoms with van der Waals surface area (Å²) in [6, 6.07) is 20.6. The Hall–Kier alpha value is -4.22. The molecule has 8 nitrogen and oxygen atoms in total. The Bertz CT molecular complexity index is 1920. The van der Waals surface area contributed by atoms with Crippen LogP contribution in [0, 0.1) is 42.3 Å². The highest BCUT2D eigenvalue weighted by molar-refractivity contribution is 8.00. The highest BCUT2D eigenvalue weighted by Crippen LogP contribution is 2.69. The maximum atomic E-state index is 13.9. The highest BCUT2D eigenvalue weighted by atomic mass is 32.2. The van der Waals surface area contributed by atoms with Crippen molar-refractivity contribution in [1.29, 1.82) is 0 Å². The Balaban J connectivity index is 1.13. The summed E-state index contributed by atoms with van der Waals surface area (Å²) in [7, 11) is 0. The van der Waals surface area contributed by atoms with Crippen molar-refractivity contribution in [1.82, 2.24) is 4.98 Å². The van der Waals surface area contributed by atoms with Gasteiger partial charge in [0.15, 0.2) is 6.61 Å². The SMILES string of the molecule is Cc1ccccc1NC(=O)COc1ccccc1[C@H]1c2sc(=O)[nH]c2SC2C3CC(C4C(=O)N(c5ccc(F)cc5)C(=O)C34)C21. The molecule has 3 aromatic carbocycles. The Morgan fingerprint density at radius 2 is 1.69 bits per heavy atom. The van der Waals surface area contributed by atoms with Crippen LogP contribution in [0.2, 0.25) is 0 Å². The Morgan fingerprint density at radius 3 is 2.47 bits per heavy atom. The van der Waals surface area contributed by atoms with Crippen molar-refractivity contribution in [3.8, 4) is 5.75 Å². The number of halogens is 1. The second-order valence-electron chi connectivity index (χ2n) is 12.1. The molecule has 1 saturated heterocycles.